The zero-order valence-electron chi connectivity index (χ0n) is 22.3. The van der Waals surface area contributed by atoms with Gasteiger partial charge in [-0.05, 0) is 85.0 Å². The fourth-order valence-electron chi connectivity index (χ4n) is 5.03. The Labute approximate surface area is 230 Å². The van der Waals surface area contributed by atoms with E-state index in [1.807, 2.05) is 56.3 Å². The van der Waals surface area contributed by atoms with E-state index in [0.29, 0.717) is 23.2 Å². The van der Waals surface area contributed by atoms with E-state index in [2.05, 4.69) is 9.88 Å². The van der Waals surface area contributed by atoms with Crippen LogP contribution in [0, 0.1) is 25.5 Å². The van der Waals surface area contributed by atoms with Crippen LogP contribution >= 0.6 is 0 Å². The SMILES string of the molecule is Cc1c(C)n(Cc2ccc(-c3ccccc3C(=O)O)cc2)c2ccc(C(=O)NC(C)c3ccc(F)c(F)c3)cc12. The van der Waals surface area contributed by atoms with Crippen LogP contribution in [0.1, 0.15) is 56.1 Å². The molecular weight excluding hydrogens is 510 g/mol. The number of hydrogen-bond donors (Lipinski definition) is 2. The first-order valence-corrected chi connectivity index (χ1v) is 12.9. The molecule has 4 aromatic carbocycles. The molecule has 40 heavy (non-hydrogen) atoms. The predicted molar refractivity (Wildman–Crippen MR) is 152 cm³/mol. The molecule has 0 fully saturated rings. The molecule has 5 nitrogen and oxygen atoms in total. The van der Waals surface area contributed by atoms with Crippen LogP contribution in [0.2, 0.25) is 0 Å². The third-order valence-electron chi connectivity index (χ3n) is 7.46. The first-order valence-electron chi connectivity index (χ1n) is 12.9. The van der Waals surface area contributed by atoms with Crippen molar-refractivity contribution in [2.75, 3.05) is 0 Å². The van der Waals surface area contributed by atoms with Gasteiger partial charge in [-0.1, -0.05) is 48.5 Å². The summed E-state index contributed by atoms with van der Waals surface area (Å²) in [4.78, 5) is 24.6. The largest absolute Gasteiger partial charge is 0.478 e. The third-order valence-corrected chi connectivity index (χ3v) is 7.46. The van der Waals surface area contributed by atoms with Crippen molar-refractivity contribution >= 4 is 22.8 Å². The van der Waals surface area contributed by atoms with Crippen LogP contribution in [0.15, 0.2) is 84.9 Å². The predicted octanol–water partition coefficient (Wildman–Crippen LogP) is 7.44. The lowest BCUT2D eigenvalue weighted by atomic mass is 9.99. The zero-order chi connectivity index (χ0) is 28.6. The zero-order valence-corrected chi connectivity index (χ0v) is 22.3. The van der Waals surface area contributed by atoms with Crippen molar-refractivity contribution < 1.29 is 23.5 Å². The second kappa shape index (κ2) is 10.8. The summed E-state index contributed by atoms with van der Waals surface area (Å²) >= 11 is 0. The summed E-state index contributed by atoms with van der Waals surface area (Å²) in [6, 6.07) is 23.4. The minimum absolute atomic E-state index is 0.261. The molecule has 1 unspecified atom stereocenters. The Morgan fingerprint density at radius 2 is 1.62 bits per heavy atom. The van der Waals surface area contributed by atoms with E-state index in [1.165, 1.54) is 6.07 Å². The van der Waals surface area contributed by atoms with E-state index in [9.17, 15) is 23.5 Å². The Morgan fingerprint density at radius 1 is 0.900 bits per heavy atom. The summed E-state index contributed by atoms with van der Waals surface area (Å²) in [5.74, 6) is -3.15. The fraction of sp³-hybridized carbons (Fsp3) is 0.152. The smallest absolute Gasteiger partial charge is 0.336 e. The number of carboxylic acid groups (broad SMARTS) is 1. The number of carboxylic acids is 1. The molecule has 0 radical (unpaired) electrons. The number of aryl methyl sites for hydroxylation is 1. The summed E-state index contributed by atoms with van der Waals surface area (Å²) in [5, 5.41) is 13.3. The van der Waals surface area contributed by atoms with Gasteiger partial charge in [-0.3, -0.25) is 4.79 Å². The monoisotopic (exact) mass is 538 g/mol. The standard InChI is InChI=1S/C33H28F2N2O3/c1-19-21(3)37(18-22-8-10-23(11-9-22)26-6-4-5-7-27(26)33(39)40)31-15-13-25(16-28(19)31)32(38)36-20(2)24-12-14-29(34)30(35)17-24/h4-17,20H,18H2,1-3H3,(H,36,38)(H,39,40). The second-order valence-electron chi connectivity index (χ2n) is 9.94. The molecule has 1 amide bonds. The molecule has 0 aliphatic carbocycles. The van der Waals surface area contributed by atoms with Crippen molar-refractivity contribution in [1.29, 1.82) is 0 Å². The maximum absolute atomic E-state index is 13.6. The molecule has 0 bridgehead atoms. The number of nitrogens with zero attached hydrogens (tertiary/aromatic N) is 1. The Balaban J connectivity index is 1.38. The number of fused-ring (bicyclic) bond motifs is 1. The highest BCUT2D eigenvalue weighted by Gasteiger charge is 2.17. The van der Waals surface area contributed by atoms with Crippen molar-refractivity contribution in [2.24, 2.45) is 0 Å². The van der Waals surface area contributed by atoms with E-state index < -0.39 is 23.6 Å². The van der Waals surface area contributed by atoms with Gasteiger partial charge >= 0.3 is 5.97 Å². The number of aromatic carboxylic acids is 1. The van der Waals surface area contributed by atoms with Gasteiger partial charge in [0, 0.05) is 28.7 Å². The lowest BCUT2D eigenvalue weighted by molar-refractivity contribution is 0.0697. The van der Waals surface area contributed by atoms with Crippen LogP contribution in [-0.4, -0.2) is 21.6 Å². The van der Waals surface area contributed by atoms with Gasteiger partial charge < -0.3 is 15.0 Å². The van der Waals surface area contributed by atoms with Crippen LogP contribution in [0.3, 0.4) is 0 Å². The Bertz CT molecular complexity index is 1760. The summed E-state index contributed by atoms with van der Waals surface area (Å²) in [7, 11) is 0. The summed E-state index contributed by atoms with van der Waals surface area (Å²) in [6.07, 6.45) is 0. The highest BCUT2D eigenvalue weighted by molar-refractivity contribution is 5.99. The Hall–Kier alpha value is -4.78. The molecule has 0 spiro atoms. The summed E-state index contributed by atoms with van der Waals surface area (Å²) in [5.41, 5.74) is 6.89. The summed E-state index contributed by atoms with van der Waals surface area (Å²) in [6.45, 7) is 6.39. The molecule has 1 heterocycles. The molecule has 0 saturated carbocycles. The average molecular weight is 539 g/mol. The molecule has 0 aliphatic heterocycles. The van der Waals surface area contributed by atoms with Gasteiger partial charge in [0.05, 0.1) is 11.6 Å². The molecular formula is C33H28F2N2O3. The van der Waals surface area contributed by atoms with Gasteiger partial charge in [-0.15, -0.1) is 0 Å². The number of carbonyl (C=O) groups is 2. The molecule has 5 rings (SSSR count). The van der Waals surface area contributed by atoms with Crippen LogP contribution in [0.25, 0.3) is 22.0 Å². The molecule has 2 N–H and O–H groups in total. The van der Waals surface area contributed by atoms with Crippen LogP contribution < -0.4 is 5.32 Å². The Kier molecular flexibility index (Phi) is 7.22. The number of halogens is 2. The minimum atomic E-state index is -0.962. The van der Waals surface area contributed by atoms with Gasteiger partial charge in [0.15, 0.2) is 11.6 Å². The third kappa shape index (κ3) is 5.10. The van der Waals surface area contributed by atoms with E-state index in [1.54, 1.807) is 31.2 Å². The topological polar surface area (TPSA) is 71.3 Å². The quantitative estimate of drug-likeness (QED) is 0.226. The van der Waals surface area contributed by atoms with Gasteiger partial charge in [0.2, 0.25) is 0 Å². The molecule has 7 heteroatoms. The average Bonchev–Trinajstić information content (AvgIpc) is 3.19. The van der Waals surface area contributed by atoms with Crippen LogP contribution in [-0.2, 0) is 6.54 Å². The Morgan fingerprint density at radius 3 is 2.33 bits per heavy atom. The highest BCUT2D eigenvalue weighted by Crippen LogP contribution is 2.29. The molecule has 202 valence electrons. The van der Waals surface area contributed by atoms with Crippen molar-refractivity contribution in [1.82, 2.24) is 9.88 Å². The first kappa shape index (κ1) is 26.8. The lowest BCUT2D eigenvalue weighted by Crippen LogP contribution is -2.26. The van der Waals surface area contributed by atoms with Gasteiger partial charge in [-0.25, -0.2) is 13.6 Å². The molecule has 0 aliphatic rings. The lowest BCUT2D eigenvalue weighted by Gasteiger charge is -2.15. The van der Waals surface area contributed by atoms with Crippen molar-refractivity contribution in [3.05, 3.63) is 130 Å². The first-order chi connectivity index (χ1) is 19.1. The van der Waals surface area contributed by atoms with Gasteiger partial charge in [0.1, 0.15) is 0 Å². The van der Waals surface area contributed by atoms with Crippen molar-refractivity contribution in [3.8, 4) is 11.1 Å². The molecule has 1 atom stereocenters. The maximum atomic E-state index is 13.6. The van der Waals surface area contributed by atoms with Crippen LogP contribution in [0.4, 0.5) is 8.78 Å². The van der Waals surface area contributed by atoms with Gasteiger partial charge in [-0.2, -0.15) is 0 Å². The maximum Gasteiger partial charge on any atom is 0.336 e. The number of benzene rings is 4. The minimum Gasteiger partial charge on any atom is -0.478 e. The number of hydrogen-bond acceptors (Lipinski definition) is 2. The summed E-state index contributed by atoms with van der Waals surface area (Å²) < 4.78 is 29.1. The van der Waals surface area contributed by atoms with E-state index in [4.69, 9.17) is 0 Å². The number of amides is 1. The van der Waals surface area contributed by atoms with Gasteiger partial charge in [0.25, 0.3) is 5.91 Å². The van der Waals surface area contributed by atoms with E-state index in [-0.39, 0.29) is 11.5 Å². The number of rotatable bonds is 7. The number of aromatic nitrogens is 1. The number of nitrogens with one attached hydrogen (secondary N) is 1. The fourth-order valence-corrected chi connectivity index (χ4v) is 5.03. The van der Waals surface area contributed by atoms with Crippen molar-refractivity contribution in [3.63, 3.8) is 0 Å². The molecule has 1 aromatic heterocycles. The normalized spacial score (nSPS) is 11.9. The van der Waals surface area contributed by atoms with Crippen molar-refractivity contribution in [2.45, 2.75) is 33.4 Å². The van der Waals surface area contributed by atoms with E-state index in [0.717, 1.165) is 45.4 Å². The van der Waals surface area contributed by atoms with E-state index >= 15 is 0 Å². The molecule has 0 saturated heterocycles. The second-order valence-corrected chi connectivity index (χ2v) is 9.94. The highest BCUT2D eigenvalue weighted by atomic mass is 19.2. The molecule has 5 aromatic rings. The number of carbonyl (C=O) groups excluding carboxylic acids is 1. The van der Waals surface area contributed by atoms with Crippen LogP contribution in [0.5, 0.6) is 0 Å².